The number of nitrogens with one attached hydrogen (secondary N) is 2. The quantitative estimate of drug-likeness (QED) is 0.220. The number of nitrogens with zero attached hydrogens (tertiary/aromatic N) is 2. The van der Waals surface area contributed by atoms with Crippen LogP contribution in [0.25, 0.3) is 0 Å². The van der Waals surface area contributed by atoms with Crippen LogP contribution in [-0.2, 0) is 17.8 Å². The molecule has 0 aliphatic heterocycles. The summed E-state index contributed by atoms with van der Waals surface area (Å²) in [5, 5.41) is 6.06. The maximum atomic E-state index is 12.9. The molecule has 7 nitrogen and oxygen atoms in total. The van der Waals surface area contributed by atoms with Gasteiger partial charge in [0.2, 0.25) is 5.91 Å². The molecule has 2 rings (SSSR count). The van der Waals surface area contributed by atoms with E-state index in [0.29, 0.717) is 25.6 Å². The molecule has 0 spiro atoms. The summed E-state index contributed by atoms with van der Waals surface area (Å²) in [6.45, 7) is 1.55. The fraction of sp³-hybridized carbons (Fsp3) is 0.364. The van der Waals surface area contributed by atoms with Gasteiger partial charge in [-0.15, -0.1) is 24.0 Å². The first-order valence-electron chi connectivity index (χ1n) is 9.60. The van der Waals surface area contributed by atoms with Crippen LogP contribution in [0, 0.1) is 5.82 Å². The van der Waals surface area contributed by atoms with E-state index in [4.69, 9.17) is 9.47 Å². The molecule has 0 unspecified atom stereocenters. The van der Waals surface area contributed by atoms with E-state index >= 15 is 0 Å². The number of methoxy groups -OCH3 is 2. The van der Waals surface area contributed by atoms with Crippen LogP contribution in [-0.4, -0.2) is 58.2 Å². The third-order valence-electron chi connectivity index (χ3n) is 4.48. The van der Waals surface area contributed by atoms with E-state index in [-0.39, 0.29) is 42.1 Å². The highest BCUT2D eigenvalue weighted by molar-refractivity contribution is 14.0. The van der Waals surface area contributed by atoms with Crippen LogP contribution in [0.1, 0.15) is 11.1 Å². The third kappa shape index (κ3) is 8.60. The van der Waals surface area contributed by atoms with Crippen molar-refractivity contribution in [2.24, 2.45) is 4.99 Å². The Balaban J connectivity index is 0.00000480. The molecule has 2 aromatic carbocycles. The molecule has 0 radical (unpaired) electrons. The summed E-state index contributed by atoms with van der Waals surface area (Å²) < 4.78 is 23.6. The van der Waals surface area contributed by atoms with E-state index in [0.717, 1.165) is 22.6 Å². The maximum absolute atomic E-state index is 12.9. The van der Waals surface area contributed by atoms with Crippen LogP contribution >= 0.6 is 24.0 Å². The molecule has 0 aliphatic rings. The van der Waals surface area contributed by atoms with Crippen molar-refractivity contribution in [2.45, 2.75) is 13.0 Å². The molecule has 2 aromatic rings. The van der Waals surface area contributed by atoms with Crippen molar-refractivity contribution in [3.8, 4) is 11.5 Å². The zero-order valence-corrected chi connectivity index (χ0v) is 20.6. The lowest BCUT2D eigenvalue weighted by Crippen LogP contribution is -2.42. The number of carbonyl (C=O) groups is 1. The predicted octanol–water partition coefficient (Wildman–Crippen LogP) is 2.83. The van der Waals surface area contributed by atoms with E-state index < -0.39 is 0 Å². The number of guanidine groups is 1. The number of halogens is 2. The van der Waals surface area contributed by atoms with Crippen LogP contribution in [0.2, 0.25) is 0 Å². The van der Waals surface area contributed by atoms with Gasteiger partial charge in [0.1, 0.15) is 17.3 Å². The van der Waals surface area contributed by atoms with Crippen LogP contribution in [0.3, 0.4) is 0 Å². The average molecular weight is 544 g/mol. The first-order chi connectivity index (χ1) is 14.5. The van der Waals surface area contributed by atoms with Crippen molar-refractivity contribution < 1.29 is 18.7 Å². The number of benzene rings is 2. The first kappa shape index (κ1) is 26.5. The summed E-state index contributed by atoms with van der Waals surface area (Å²) in [5.74, 6) is 1.74. The Bertz CT molecular complexity index is 862. The Labute approximate surface area is 200 Å². The Morgan fingerprint density at radius 1 is 1.06 bits per heavy atom. The molecule has 2 N–H and O–H groups in total. The normalized spacial score (nSPS) is 10.7. The Hall–Kier alpha value is -2.56. The predicted molar refractivity (Wildman–Crippen MR) is 131 cm³/mol. The highest BCUT2D eigenvalue weighted by Crippen LogP contribution is 2.25. The SMILES string of the molecule is CN=C(NCCNC(=O)Cc1ccc(F)cc1)N(C)Cc1ccc(OC)cc1OC.I. The Morgan fingerprint density at radius 3 is 2.35 bits per heavy atom. The van der Waals surface area contributed by atoms with Crippen LogP contribution in [0.15, 0.2) is 47.5 Å². The van der Waals surface area contributed by atoms with Crippen LogP contribution in [0.4, 0.5) is 4.39 Å². The Kier molecular flexibility index (Phi) is 11.7. The maximum Gasteiger partial charge on any atom is 0.224 e. The molecular weight excluding hydrogens is 514 g/mol. The Morgan fingerprint density at radius 2 is 1.74 bits per heavy atom. The molecule has 0 bridgehead atoms. The van der Waals surface area contributed by atoms with Gasteiger partial charge in [-0.1, -0.05) is 12.1 Å². The van der Waals surface area contributed by atoms with Crippen LogP contribution in [0.5, 0.6) is 11.5 Å². The minimum atomic E-state index is -0.314. The van der Waals surface area contributed by atoms with Gasteiger partial charge in [-0.05, 0) is 29.8 Å². The van der Waals surface area contributed by atoms with E-state index in [1.165, 1.54) is 12.1 Å². The molecule has 1 amide bonds. The second-order valence-electron chi connectivity index (χ2n) is 6.66. The third-order valence-corrected chi connectivity index (χ3v) is 4.48. The largest absolute Gasteiger partial charge is 0.497 e. The van der Waals surface area contributed by atoms with Gasteiger partial charge < -0.3 is 25.0 Å². The molecule has 0 aliphatic carbocycles. The number of hydrogen-bond donors (Lipinski definition) is 2. The van der Waals surface area contributed by atoms with Gasteiger partial charge in [-0.3, -0.25) is 9.79 Å². The van der Waals surface area contributed by atoms with E-state index in [9.17, 15) is 9.18 Å². The summed E-state index contributed by atoms with van der Waals surface area (Å²) in [4.78, 5) is 18.3. The van der Waals surface area contributed by atoms with Gasteiger partial charge >= 0.3 is 0 Å². The molecule has 0 aromatic heterocycles. The van der Waals surface area contributed by atoms with Crippen molar-refractivity contribution in [3.05, 3.63) is 59.4 Å². The molecule has 0 atom stereocenters. The topological polar surface area (TPSA) is 75.2 Å². The zero-order chi connectivity index (χ0) is 21.9. The van der Waals surface area contributed by atoms with Gasteiger partial charge in [0.25, 0.3) is 0 Å². The minimum Gasteiger partial charge on any atom is -0.497 e. The van der Waals surface area contributed by atoms with Crippen molar-refractivity contribution >= 4 is 35.8 Å². The highest BCUT2D eigenvalue weighted by Gasteiger charge is 2.11. The lowest BCUT2D eigenvalue weighted by Gasteiger charge is -2.23. The van der Waals surface area contributed by atoms with Crippen molar-refractivity contribution in [2.75, 3.05) is 41.4 Å². The van der Waals surface area contributed by atoms with E-state index in [1.807, 2.05) is 30.1 Å². The number of aliphatic imine (C=N–C) groups is 1. The number of carbonyl (C=O) groups excluding carboxylic acids is 1. The molecule has 0 saturated carbocycles. The minimum absolute atomic E-state index is 0. The fourth-order valence-corrected chi connectivity index (χ4v) is 2.92. The average Bonchev–Trinajstić information content (AvgIpc) is 2.75. The van der Waals surface area contributed by atoms with Gasteiger partial charge in [0, 0.05) is 45.4 Å². The zero-order valence-electron chi connectivity index (χ0n) is 18.3. The fourth-order valence-electron chi connectivity index (χ4n) is 2.92. The summed E-state index contributed by atoms with van der Waals surface area (Å²) in [6, 6.07) is 11.6. The van der Waals surface area contributed by atoms with Gasteiger partial charge in [-0.25, -0.2) is 4.39 Å². The molecule has 0 fully saturated rings. The summed E-state index contributed by atoms with van der Waals surface area (Å²) in [6.07, 6.45) is 0.214. The van der Waals surface area contributed by atoms with Crippen LogP contribution < -0.4 is 20.1 Å². The molecular formula is C22H30FIN4O3. The molecule has 0 saturated heterocycles. The van der Waals surface area contributed by atoms with E-state index in [2.05, 4.69) is 15.6 Å². The number of hydrogen-bond acceptors (Lipinski definition) is 4. The second kappa shape index (κ2) is 13.7. The summed E-state index contributed by atoms with van der Waals surface area (Å²) in [7, 11) is 6.87. The lowest BCUT2D eigenvalue weighted by molar-refractivity contribution is -0.120. The molecule has 170 valence electrons. The number of amides is 1. The van der Waals surface area contributed by atoms with Gasteiger partial charge in [0.05, 0.1) is 20.6 Å². The van der Waals surface area contributed by atoms with Crippen molar-refractivity contribution in [1.29, 1.82) is 0 Å². The van der Waals surface area contributed by atoms with Gasteiger partial charge in [0.15, 0.2) is 5.96 Å². The smallest absolute Gasteiger partial charge is 0.224 e. The van der Waals surface area contributed by atoms with Crippen molar-refractivity contribution in [3.63, 3.8) is 0 Å². The lowest BCUT2D eigenvalue weighted by atomic mass is 10.1. The molecule has 0 heterocycles. The first-order valence-corrected chi connectivity index (χ1v) is 9.60. The second-order valence-corrected chi connectivity index (χ2v) is 6.66. The number of rotatable bonds is 9. The number of ether oxygens (including phenoxy) is 2. The van der Waals surface area contributed by atoms with E-state index in [1.54, 1.807) is 33.4 Å². The highest BCUT2D eigenvalue weighted by atomic mass is 127. The summed E-state index contributed by atoms with van der Waals surface area (Å²) in [5.41, 5.74) is 1.77. The monoisotopic (exact) mass is 544 g/mol. The molecule has 9 heteroatoms. The molecule has 31 heavy (non-hydrogen) atoms. The van der Waals surface area contributed by atoms with Crippen molar-refractivity contribution in [1.82, 2.24) is 15.5 Å². The summed E-state index contributed by atoms with van der Waals surface area (Å²) >= 11 is 0. The van der Waals surface area contributed by atoms with Gasteiger partial charge in [-0.2, -0.15) is 0 Å². The standard InChI is InChI=1S/C22H29FN4O3.HI/c1-24-22(27(2)15-17-7-10-19(29-3)14-20(17)30-4)26-12-11-25-21(28)13-16-5-8-18(23)9-6-16;/h5-10,14H,11-13,15H2,1-4H3,(H,24,26)(H,25,28);1H.